The van der Waals surface area contributed by atoms with E-state index in [0.717, 1.165) is 22.7 Å². The molecule has 13 rings (SSSR count). The SMILES string of the molecule is Cc1ccc2c(c1)c1cc(N(c3cccc(-c4ccc5c(c4)C(C)(C)c4ccccc4-5)c3)c3ccc4c5cccc6cccc(c7cccc3c74)c65)ccc1n2-c1ccccc1. The van der Waals surface area contributed by atoms with Gasteiger partial charge < -0.3 is 9.47 Å². The largest absolute Gasteiger partial charge is 0.310 e. The van der Waals surface area contributed by atoms with Crippen LogP contribution in [0.4, 0.5) is 17.1 Å². The third-order valence-electron chi connectivity index (χ3n) is 13.9. The van der Waals surface area contributed by atoms with Crippen LogP contribution in [0.1, 0.15) is 30.5 Å². The van der Waals surface area contributed by atoms with Crippen LogP contribution < -0.4 is 4.90 Å². The summed E-state index contributed by atoms with van der Waals surface area (Å²) in [6, 6.07) is 74.9. The number of aromatic nitrogens is 1. The van der Waals surface area contributed by atoms with Crippen molar-refractivity contribution in [1.29, 1.82) is 0 Å². The maximum atomic E-state index is 2.50. The van der Waals surface area contributed by atoms with Crippen molar-refractivity contribution in [3.63, 3.8) is 0 Å². The zero-order valence-corrected chi connectivity index (χ0v) is 34.9. The Kier molecular flexibility index (Phi) is 7.31. The second-order valence-electron chi connectivity index (χ2n) is 17.8. The Morgan fingerprint density at radius 3 is 1.85 bits per heavy atom. The summed E-state index contributed by atoms with van der Waals surface area (Å²) in [6.07, 6.45) is 0. The Hall–Kier alpha value is -7.68. The van der Waals surface area contributed by atoms with Crippen LogP contribution in [-0.2, 0) is 5.41 Å². The van der Waals surface area contributed by atoms with E-state index in [0.29, 0.717) is 0 Å². The molecule has 0 fully saturated rings. The summed E-state index contributed by atoms with van der Waals surface area (Å²) in [5, 5.41) is 12.8. The van der Waals surface area contributed by atoms with Crippen molar-refractivity contribution in [1.82, 2.24) is 4.57 Å². The highest BCUT2D eigenvalue weighted by molar-refractivity contribution is 6.34. The van der Waals surface area contributed by atoms with Gasteiger partial charge in [-0.3, -0.25) is 0 Å². The molecule has 0 unspecified atom stereocenters. The molecule has 1 heterocycles. The van der Waals surface area contributed by atoms with Gasteiger partial charge in [0, 0.05) is 38.6 Å². The molecule has 0 saturated carbocycles. The van der Waals surface area contributed by atoms with E-state index in [4.69, 9.17) is 0 Å². The van der Waals surface area contributed by atoms with Crippen LogP contribution in [0.5, 0.6) is 0 Å². The molecule has 0 atom stereocenters. The normalized spacial score (nSPS) is 13.2. The molecule has 62 heavy (non-hydrogen) atoms. The van der Waals surface area contributed by atoms with E-state index in [2.05, 4.69) is 230 Å². The van der Waals surface area contributed by atoms with Gasteiger partial charge in [-0.2, -0.15) is 0 Å². The monoisotopic (exact) mass is 790 g/mol. The number of hydrogen-bond acceptors (Lipinski definition) is 1. The molecule has 1 aliphatic carbocycles. The zero-order valence-electron chi connectivity index (χ0n) is 34.9. The first kappa shape index (κ1) is 35.1. The Morgan fingerprint density at radius 1 is 0.403 bits per heavy atom. The maximum Gasteiger partial charge on any atom is 0.0542 e. The summed E-state index contributed by atoms with van der Waals surface area (Å²) in [6.45, 7) is 6.92. The summed E-state index contributed by atoms with van der Waals surface area (Å²) in [4.78, 5) is 2.50. The first-order chi connectivity index (χ1) is 30.4. The molecule has 0 N–H and O–H groups in total. The van der Waals surface area contributed by atoms with E-state index in [1.807, 2.05) is 0 Å². The highest BCUT2D eigenvalue weighted by Gasteiger charge is 2.35. The fourth-order valence-electron chi connectivity index (χ4n) is 11.1. The number of para-hydroxylation sites is 1. The molecule has 0 bridgehead atoms. The predicted octanol–water partition coefficient (Wildman–Crippen LogP) is 16.6. The standard InChI is InChI=1S/C60H42N2/c1-37-25-30-56-51(33-37)52-36-43(27-31-57(52)62(56)41-16-5-4-6-17-41)61(42-18-9-15-39(34-42)40-26-28-45-44-19-7-8-24-53(44)60(2,3)54(45)35-40)55-32-29-49-47-21-11-14-38-13-10-20-46(58(38)47)48-22-12-23-50(55)59(48)49/h4-36H,1-3H3. The Labute approximate surface area is 360 Å². The number of fused-ring (bicyclic) bond motifs is 8. The van der Waals surface area contributed by atoms with Crippen molar-refractivity contribution in [2.45, 2.75) is 26.2 Å². The van der Waals surface area contributed by atoms with Crippen LogP contribution in [0.3, 0.4) is 0 Å². The predicted molar refractivity (Wildman–Crippen MR) is 264 cm³/mol. The minimum absolute atomic E-state index is 0.0788. The van der Waals surface area contributed by atoms with Gasteiger partial charge in [0.25, 0.3) is 0 Å². The molecule has 0 amide bonds. The second-order valence-corrected chi connectivity index (χ2v) is 17.8. The van der Waals surface area contributed by atoms with E-state index in [1.54, 1.807) is 0 Å². The molecule has 2 nitrogen and oxygen atoms in total. The van der Waals surface area contributed by atoms with Crippen LogP contribution >= 0.6 is 0 Å². The fraction of sp³-hybridized carbons (Fsp3) is 0.0667. The molecular weight excluding hydrogens is 749 g/mol. The van der Waals surface area contributed by atoms with Crippen molar-refractivity contribution >= 4 is 82.0 Å². The minimum Gasteiger partial charge on any atom is -0.310 e. The lowest BCUT2D eigenvalue weighted by Crippen LogP contribution is -2.14. The van der Waals surface area contributed by atoms with Gasteiger partial charge in [0.15, 0.2) is 0 Å². The van der Waals surface area contributed by atoms with E-state index in [-0.39, 0.29) is 5.41 Å². The molecule has 292 valence electrons. The van der Waals surface area contributed by atoms with Gasteiger partial charge >= 0.3 is 0 Å². The van der Waals surface area contributed by atoms with Gasteiger partial charge in [-0.15, -0.1) is 0 Å². The molecular formula is C60H42N2. The summed E-state index contributed by atoms with van der Waals surface area (Å²) in [7, 11) is 0. The van der Waals surface area contributed by atoms with Gasteiger partial charge in [-0.05, 0) is 145 Å². The van der Waals surface area contributed by atoms with E-state index >= 15 is 0 Å². The molecule has 12 aromatic rings. The third-order valence-corrected chi connectivity index (χ3v) is 13.9. The number of rotatable bonds is 5. The number of hydrogen-bond donors (Lipinski definition) is 0. The van der Waals surface area contributed by atoms with E-state index in [1.165, 1.54) is 104 Å². The number of anilines is 3. The first-order valence-corrected chi connectivity index (χ1v) is 21.8. The van der Waals surface area contributed by atoms with Crippen molar-refractivity contribution in [3.8, 4) is 27.9 Å². The zero-order chi connectivity index (χ0) is 41.3. The summed E-state index contributed by atoms with van der Waals surface area (Å²) < 4.78 is 2.41. The third kappa shape index (κ3) is 4.92. The average Bonchev–Trinajstić information content (AvgIpc) is 3.75. The molecule has 2 heteroatoms. The lowest BCUT2D eigenvalue weighted by Gasteiger charge is -2.28. The number of aryl methyl sites for hydroxylation is 1. The van der Waals surface area contributed by atoms with Crippen LogP contribution in [0.25, 0.3) is 92.8 Å². The van der Waals surface area contributed by atoms with Crippen LogP contribution in [0, 0.1) is 6.92 Å². The Bertz CT molecular complexity index is 3740. The minimum atomic E-state index is -0.0788. The summed E-state index contributed by atoms with van der Waals surface area (Å²) in [5.74, 6) is 0. The lowest BCUT2D eigenvalue weighted by atomic mass is 9.81. The molecule has 1 aromatic heterocycles. The topological polar surface area (TPSA) is 8.17 Å². The second kappa shape index (κ2) is 12.9. The van der Waals surface area contributed by atoms with Gasteiger partial charge in [0.2, 0.25) is 0 Å². The molecule has 0 saturated heterocycles. The van der Waals surface area contributed by atoms with Crippen LogP contribution in [0.15, 0.2) is 200 Å². The summed E-state index contributed by atoms with van der Waals surface area (Å²) in [5.41, 5.74) is 16.0. The van der Waals surface area contributed by atoms with Crippen molar-refractivity contribution in [3.05, 3.63) is 217 Å². The van der Waals surface area contributed by atoms with E-state index in [9.17, 15) is 0 Å². The summed E-state index contributed by atoms with van der Waals surface area (Å²) >= 11 is 0. The van der Waals surface area contributed by atoms with Crippen molar-refractivity contribution in [2.75, 3.05) is 4.90 Å². The average molecular weight is 791 g/mol. The van der Waals surface area contributed by atoms with Crippen molar-refractivity contribution < 1.29 is 0 Å². The molecule has 1 aliphatic rings. The lowest BCUT2D eigenvalue weighted by molar-refractivity contribution is 0.660. The van der Waals surface area contributed by atoms with Crippen LogP contribution in [0.2, 0.25) is 0 Å². The molecule has 0 radical (unpaired) electrons. The molecule has 0 aliphatic heterocycles. The highest BCUT2D eigenvalue weighted by atomic mass is 15.1. The molecule has 11 aromatic carbocycles. The first-order valence-electron chi connectivity index (χ1n) is 21.8. The molecule has 0 spiro atoms. The van der Waals surface area contributed by atoms with Gasteiger partial charge in [-0.1, -0.05) is 153 Å². The number of benzene rings is 11. The maximum absolute atomic E-state index is 2.50. The van der Waals surface area contributed by atoms with E-state index < -0.39 is 0 Å². The number of nitrogens with zero attached hydrogens (tertiary/aromatic N) is 2. The Morgan fingerprint density at radius 2 is 1.03 bits per heavy atom. The van der Waals surface area contributed by atoms with Gasteiger partial charge in [0.1, 0.15) is 0 Å². The van der Waals surface area contributed by atoms with Crippen molar-refractivity contribution in [2.24, 2.45) is 0 Å². The highest BCUT2D eigenvalue weighted by Crippen LogP contribution is 2.51. The fourth-order valence-corrected chi connectivity index (χ4v) is 11.1. The Balaban J connectivity index is 1.07. The van der Waals surface area contributed by atoms with Gasteiger partial charge in [-0.25, -0.2) is 0 Å². The quantitative estimate of drug-likeness (QED) is 0.125. The smallest absolute Gasteiger partial charge is 0.0542 e. The van der Waals surface area contributed by atoms with Gasteiger partial charge in [0.05, 0.1) is 16.7 Å². The van der Waals surface area contributed by atoms with Crippen LogP contribution in [-0.4, -0.2) is 4.57 Å².